The molecule has 14 heteroatoms. The van der Waals surface area contributed by atoms with Gasteiger partial charge in [-0.3, -0.25) is 0 Å². The van der Waals surface area contributed by atoms with Gasteiger partial charge in [-0.05, 0) is 31.2 Å². The fourth-order valence-electron chi connectivity index (χ4n) is 3.91. The Morgan fingerprint density at radius 3 is 1.72 bits per heavy atom. The predicted octanol–water partition coefficient (Wildman–Crippen LogP) is 4.80. The van der Waals surface area contributed by atoms with Crippen molar-refractivity contribution in [1.82, 2.24) is 4.31 Å². The highest BCUT2D eigenvalue weighted by molar-refractivity contribution is 7.89. The van der Waals surface area contributed by atoms with E-state index in [1.54, 1.807) is 6.07 Å². The highest BCUT2D eigenvalue weighted by atomic mass is 32.2. The van der Waals surface area contributed by atoms with E-state index in [-0.39, 0.29) is 0 Å². The second kappa shape index (κ2) is 9.01. The van der Waals surface area contributed by atoms with Crippen molar-refractivity contribution >= 4 is 10.0 Å². The number of rotatable bonds is 6. The summed E-state index contributed by atoms with van der Waals surface area (Å²) in [6, 6.07) is 6.14. The molecule has 0 atom stereocenters. The van der Waals surface area contributed by atoms with Gasteiger partial charge in [-0.2, -0.15) is 43.8 Å². The van der Waals surface area contributed by atoms with Crippen LogP contribution in [-0.2, 0) is 16.6 Å². The van der Waals surface area contributed by atoms with Crippen molar-refractivity contribution in [2.75, 3.05) is 5.75 Å². The van der Waals surface area contributed by atoms with E-state index in [1.165, 1.54) is 24.3 Å². The summed E-state index contributed by atoms with van der Waals surface area (Å²) >= 11 is 0. The Balaban J connectivity index is 2.30. The molecule has 0 aromatic heterocycles. The van der Waals surface area contributed by atoms with Gasteiger partial charge in [0, 0.05) is 18.5 Å². The first-order valence-electron chi connectivity index (χ1n) is 9.34. The van der Waals surface area contributed by atoms with Gasteiger partial charge in [0.05, 0.1) is 0 Å². The summed E-state index contributed by atoms with van der Waals surface area (Å²) in [6.07, 6.45) is -20.1. The lowest BCUT2D eigenvalue weighted by atomic mass is 9.74. The molecule has 0 spiro atoms. The monoisotopic (exact) mass is 501 g/mol. The number of benzene rings is 1. The Hall–Kier alpha value is -1.54. The van der Waals surface area contributed by atoms with Crippen LogP contribution in [0.3, 0.4) is 0 Å². The minimum absolute atomic E-state index is 0.294. The lowest BCUT2D eigenvalue weighted by Gasteiger charge is -2.43. The molecule has 32 heavy (non-hydrogen) atoms. The average Bonchev–Trinajstić information content (AvgIpc) is 2.62. The van der Waals surface area contributed by atoms with Gasteiger partial charge in [-0.1, -0.05) is 30.3 Å². The van der Waals surface area contributed by atoms with Gasteiger partial charge in [0.1, 0.15) is 0 Å². The maximum Gasteiger partial charge on any atom is 0.426 e. The van der Waals surface area contributed by atoms with Gasteiger partial charge in [-0.25, -0.2) is 8.42 Å². The Bertz CT molecular complexity index is 844. The summed E-state index contributed by atoms with van der Waals surface area (Å²) < 4.78 is 142. The molecular formula is C18H20F9NO3S. The lowest BCUT2D eigenvalue weighted by molar-refractivity contribution is -0.387. The number of halogens is 9. The van der Waals surface area contributed by atoms with Gasteiger partial charge < -0.3 is 5.11 Å². The van der Waals surface area contributed by atoms with Crippen molar-refractivity contribution in [2.24, 2.45) is 5.92 Å². The Morgan fingerprint density at radius 1 is 0.844 bits per heavy atom. The molecule has 1 saturated carbocycles. The molecule has 1 aromatic rings. The zero-order valence-electron chi connectivity index (χ0n) is 16.3. The Labute approximate surface area is 178 Å². The van der Waals surface area contributed by atoms with Crippen molar-refractivity contribution in [3.63, 3.8) is 0 Å². The summed E-state index contributed by atoms with van der Waals surface area (Å²) in [6.45, 7) is -0.530. The quantitative estimate of drug-likeness (QED) is 0.571. The third-order valence-electron chi connectivity index (χ3n) is 5.44. The molecule has 0 saturated heterocycles. The smallest absolute Gasteiger partial charge is 0.373 e. The van der Waals surface area contributed by atoms with E-state index in [9.17, 15) is 53.0 Å². The number of aliphatic hydroxyl groups is 1. The largest absolute Gasteiger partial charge is 0.426 e. The number of hydrogen-bond donors (Lipinski definition) is 1. The van der Waals surface area contributed by atoms with E-state index >= 15 is 0 Å². The normalized spacial score (nSPS) is 21.7. The molecular weight excluding hydrogens is 481 g/mol. The number of alkyl halides is 9. The third kappa shape index (κ3) is 5.87. The fraction of sp³-hybridized carbons (Fsp3) is 0.667. The molecule has 1 N–H and O–H groups in total. The van der Waals surface area contributed by atoms with Crippen molar-refractivity contribution in [2.45, 2.75) is 62.4 Å². The topological polar surface area (TPSA) is 57.6 Å². The van der Waals surface area contributed by atoms with E-state index in [0.717, 1.165) is 0 Å². The lowest BCUT2D eigenvalue weighted by Crippen LogP contribution is -2.62. The molecule has 0 aliphatic heterocycles. The highest BCUT2D eigenvalue weighted by Gasteiger charge is 2.73. The molecule has 1 aromatic carbocycles. The summed E-state index contributed by atoms with van der Waals surface area (Å²) in [5.41, 5.74) is -4.71. The maximum absolute atomic E-state index is 13.1. The summed E-state index contributed by atoms with van der Waals surface area (Å²) in [7, 11) is -4.99. The zero-order valence-corrected chi connectivity index (χ0v) is 17.1. The Kier molecular flexibility index (Phi) is 7.52. The van der Waals surface area contributed by atoms with Crippen LogP contribution < -0.4 is 0 Å². The molecule has 0 unspecified atom stereocenters. The van der Waals surface area contributed by atoms with Crippen LogP contribution in [0, 0.1) is 5.92 Å². The summed E-state index contributed by atoms with van der Waals surface area (Å²) in [5.74, 6) is -4.54. The first-order valence-corrected chi connectivity index (χ1v) is 11.0. The van der Waals surface area contributed by atoms with Gasteiger partial charge >= 0.3 is 18.5 Å². The molecule has 2 rings (SSSR count). The third-order valence-corrected chi connectivity index (χ3v) is 7.28. The van der Waals surface area contributed by atoms with E-state index in [4.69, 9.17) is 0 Å². The van der Waals surface area contributed by atoms with E-state index in [0.29, 0.717) is 9.87 Å². The van der Waals surface area contributed by atoms with Crippen LogP contribution in [0.25, 0.3) is 0 Å². The van der Waals surface area contributed by atoms with Crippen molar-refractivity contribution in [3.05, 3.63) is 35.9 Å². The molecule has 0 amide bonds. The number of sulfonamides is 1. The van der Waals surface area contributed by atoms with Gasteiger partial charge in [0.2, 0.25) is 10.0 Å². The van der Waals surface area contributed by atoms with Crippen molar-refractivity contribution in [3.8, 4) is 0 Å². The first kappa shape index (κ1) is 26.7. The minimum Gasteiger partial charge on any atom is -0.373 e. The van der Waals surface area contributed by atoms with E-state index < -0.39 is 84.1 Å². The van der Waals surface area contributed by atoms with E-state index in [2.05, 4.69) is 0 Å². The maximum atomic E-state index is 13.1. The second-order valence-corrected chi connectivity index (χ2v) is 9.59. The zero-order chi connectivity index (χ0) is 24.6. The van der Waals surface area contributed by atoms with Gasteiger partial charge in [0.25, 0.3) is 5.60 Å². The molecule has 4 nitrogen and oxygen atoms in total. The average molecular weight is 501 g/mol. The molecule has 1 aliphatic rings. The predicted molar refractivity (Wildman–Crippen MR) is 94.6 cm³/mol. The van der Waals surface area contributed by atoms with Crippen molar-refractivity contribution < 1.29 is 53.0 Å². The molecule has 0 heterocycles. The van der Waals surface area contributed by atoms with E-state index in [1.807, 2.05) is 0 Å². The van der Waals surface area contributed by atoms with Crippen LogP contribution >= 0.6 is 0 Å². The SMILES string of the molecule is O=S(=O)(CC(F)(F)F)N(Cc1ccccc1)C1CCC(C(O)(C(F)(F)F)C(F)(F)F)CC1. The van der Waals surface area contributed by atoms with Crippen LogP contribution in [0.4, 0.5) is 39.5 Å². The molecule has 1 aliphatic carbocycles. The van der Waals surface area contributed by atoms with Crippen LogP contribution in [0.5, 0.6) is 0 Å². The second-order valence-electron chi connectivity index (χ2n) is 7.67. The number of hydrogen-bond acceptors (Lipinski definition) is 3. The minimum atomic E-state index is -6.03. The highest BCUT2D eigenvalue weighted by Crippen LogP contribution is 2.52. The van der Waals surface area contributed by atoms with Crippen LogP contribution in [-0.4, -0.2) is 53.8 Å². The molecule has 184 valence electrons. The van der Waals surface area contributed by atoms with Crippen LogP contribution in [0.2, 0.25) is 0 Å². The van der Waals surface area contributed by atoms with Gasteiger partial charge in [-0.15, -0.1) is 0 Å². The fourth-order valence-corrected chi connectivity index (χ4v) is 5.50. The van der Waals surface area contributed by atoms with Crippen LogP contribution in [0.1, 0.15) is 31.2 Å². The summed E-state index contributed by atoms with van der Waals surface area (Å²) in [5, 5.41) is 9.55. The van der Waals surface area contributed by atoms with Gasteiger partial charge in [0.15, 0.2) is 5.75 Å². The summed E-state index contributed by atoms with van der Waals surface area (Å²) in [4.78, 5) is 0. The molecule has 0 radical (unpaired) electrons. The standard InChI is InChI=1S/C18H20F9NO3S/c19-15(20,21)11-32(30,31)28(10-12-4-2-1-3-5-12)14-8-6-13(7-9-14)16(29,17(22,23)24)18(25,26)27/h1-5,13-14,29H,6-11H2. The molecule has 0 bridgehead atoms. The van der Waals surface area contributed by atoms with Crippen molar-refractivity contribution in [1.29, 1.82) is 0 Å². The van der Waals surface area contributed by atoms with Crippen LogP contribution in [0.15, 0.2) is 30.3 Å². The first-order chi connectivity index (χ1) is 14.4. The Morgan fingerprint density at radius 2 is 1.31 bits per heavy atom. The number of nitrogens with zero attached hydrogens (tertiary/aromatic N) is 1. The molecule has 1 fully saturated rings.